The van der Waals surface area contributed by atoms with E-state index in [2.05, 4.69) is 173 Å². The smallest absolute Gasteiger partial charge is 0.145 e. The summed E-state index contributed by atoms with van der Waals surface area (Å²) in [6, 6.07) is 62.0. The molecule has 0 atom stereocenters. The lowest BCUT2D eigenvalue weighted by atomic mass is 10.0. The summed E-state index contributed by atoms with van der Waals surface area (Å²) >= 11 is 0. The lowest BCUT2D eigenvalue weighted by Gasteiger charge is -2.27. The van der Waals surface area contributed by atoms with Crippen molar-refractivity contribution >= 4 is 38.9 Å². The van der Waals surface area contributed by atoms with Crippen LogP contribution in [0.5, 0.6) is 0 Å². The van der Waals surface area contributed by atoms with E-state index in [0.717, 1.165) is 45.2 Å². The molecule has 0 saturated heterocycles. The fraction of sp³-hybridized carbons (Fsp3) is 0. The SMILES string of the molecule is c1ccc(N(c2ccc(-c3ccc(-c4nc5ccccc5n4-c4ccccc4)cc3)cc2)c2cccc3ccccc23)cc1. The standard InChI is InChI=1S/C41H29N3/c1-3-14-34(15-4-1)43(39-21-11-13-32-12-7-8-18-37(32)39)36-28-26-31(27-29-36)30-22-24-33(25-23-30)41-42-38-19-9-10-20-40(38)44(41)35-16-5-2-6-17-35/h1-29H. The van der Waals surface area contributed by atoms with Crippen LogP contribution in [0, 0.1) is 0 Å². The summed E-state index contributed by atoms with van der Waals surface area (Å²) in [5.74, 6) is 0.938. The van der Waals surface area contributed by atoms with Gasteiger partial charge in [-0.1, -0.05) is 121 Å². The highest BCUT2D eigenvalue weighted by molar-refractivity contribution is 5.99. The number of rotatable bonds is 6. The van der Waals surface area contributed by atoms with Crippen molar-refractivity contribution < 1.29 is 0 Å². The molecule has 0 bridgehead atoms. The zero-order chi connectivity index (χ0) is 29.3. The van der Waals surface area contributed by atoms with E-state index in [1.807, 2.05) is 12.1 Å². The van der Waals surface area contributed by atoms with E-state index in [0.29, 0.717) is 0 Å². The third-order valence-corrected chi connectivity index (χ3v) is 8.20. The topological polar surface area (TPSA) is 21.1 Å². The Hall–Kier alpha value is -5.93. The van der Waals surface area contributed by atoms with Gasteiger partial charge in [-0.25, -0.2) is 4.98 Å². The number of hydrogen-bond donors (Lipinski definition) is 0. The van der Waals surface area contributed by atoms with E-state index >= 15 is 0 Å². The third kappa shape index (κ3) is 4.61. The van der Waals surface area contributed by atoms with Gasteiger partial charge in [-0.05, 0) is 71.1 Å². The summed E-state index contributed by atoms with van der Waals surface area (Å²) in [6.45, 7) is 0. The second kappa shape index (κ2) is 11.0. The van der Waals surface area contributed by atoms with E-state index in [1.54, 1.807) is 0 Å². The lowest BCUT2D eigenvalue weighted by Crippen LogP contribution is -2.10. The number of para-hydroxylation sites is 4. The molecule has 1 aromatic heterocycles. The zero-order valence-corrected chi connectivity index (χ0v) is 24.1. The summed E-state index contributed by atoms with van der Waals surface area (Å²) in [6.07, 6.45) is 0. The molecule has 0 aliphatic rings. The molecule has 3 nitrogen and oxygen atoms in total. The van der Waals surface area contributed by atoms with Crippen LogP contribution in [0.4, 0.5) is 17.1 Å². The first-order valence-electron chi connectivity index (χ1n) is 14.9. The number of fused-ring (bicyclic) bond motifs is 2. The van der Waals surface area contributed by atoms with Gasteiger partial charge in [0.2, 0.25) is 0 Å². The molecule has 7 aromatic carbocycles. The molecule has 0 aliphatic carbocycles. The Bertz CT molecular complexity index is 2190. The maximum absolute atomic E-state index is 5.03. The van der Waals surface area contributed by atoms with Gasteiger partial charge in [0.25, 0.3) is 0 Å². The summed E-state index contributed by atoms with van der Waals surface area (Å²) in [4.78, 5) is 7.37. The molecular weight excluding hydrogens is 534 g/mol. The van der Waals surface area contributed by atoms with Crippen LogP contribution in [0.3, 0.4) is 0 Å². The first kappa shape index (κ1) is 25.8. The normalized spacial score (nSPS) is 11.2. The van der Waals surface area contributed by atoms with Gasteiger partial charge in [-0.3, -0.25) is 4.57 Å². The predicted molar refractivity (Wildman–Crippen MR) is 184 cm³/mol. The molecule has 0 fully saturated rings. The average molecular weight is 564 g/mol. The molecule has 3 heteroatoms. The number of imidazole rings is 1. The first-order chi connectivity index (χ1) is 21.8. The van der Waals surface area contributed by atoms with Crippen molar-refractivity contribution in [1.82, 2.24) is 9.55 Å². The minimum atomic E-state index is 0.938. The van der Waals surface area contributed by atoms with Crippen LogP contribution in [0.2, 0.25) is 0 Å². The monoisotopic (exact) mass is 563 g/mol. The van der Waals surface area contributed by atoms with Crippen LogP contribution in [0.15, 0.2) is 176 Å². The van der Waals surface area contributed by atoms with Gasteiger partial charge >= 0.3 is 0 Å². The zero-order valence-electron chi connectivity index (χ0n) is 24.1. The van der Waals surface area contributed by atoms with Crippen molar-refractivity contribution in [2.75, 3.05) is 4.90 Å². The van der Waals surface area contributed by atoms with Crippen molar-refractivity contribution in [3.63, 3.8) is 0 Å². The highest BCUT2D eigenvalue weighted by Gasteiger charge is 2.16. The quantitative estimate of drug-likeness (QED) is 0.201. The van der Waals surface area contributed by atoms with Crippen molar-refractivity contribution in [1.29, 1.82) is 0 Å². The number of aromatic nitrogens is 2. The fourth-order valence-corrected chi connectivity index (χ4v) is 6.08. The van der Waals surface area contributed by atoms with Gasteiger partial charge in [0.15, 0.2) is 0 Å². The molecule has 208 valence electrons. The molecule has 8 aromatic rings. The Labute approximate surface area is 256 Å². The van der Waals surface area contributed by atoms with Crippen LogP contribution in [-0.4, -0.2) is 9.55 Å². The van der Waals surface area contributed by atoms with E-state index in [4.69, 9.17) is 4.98 Å². The minimum absolute atomic E-state index is 0.938. The summed E-state index contributed by atoms with van der Waals surface area (Å²) in [5, 5.41) is 2.45. The second-order valence-electron chi connectivity index (χ2n) is 10.9. The Kier molecular flexibility index (Phi) is 6.47. The highest BCUT2D eigenvalue weighted by Crippen LogP contribution is 2.39. The molecule has 0 unspecified atom stereocenters. The van der Waals surface area contributed by atoms with Crippen LogP contribution < -0.4 is 4.90 Å². The highest BCUT2D eigenvalue weighted by atomic mass is 15.1. The van der Waals surface area contributed by atoms with E-state index in [9.17, 15) is 0 Å². The Morgan fingerprint density at radius 3 is 1.77 bits per heavy atom. The Morgan fingerprint density at radius 2 is 1.00 bits per heavy atom. The van der Waals surface area contributed by atoms with Gasteiger partial charge in [0.05, 0.1) is 16.7 Å². The Morgan fingerprint density at radius 1 is 0.432 bits per heavy atom. The van der Waals surface area contributed by atoms with Gasteiger partial charge < -0.3 is 4.90 Å². The van der Waals surface area contributed by atoms with Gasteiger partial charge in [0.1, 0.15) is 5.82 Å². The molecule has 0 aliphatic heterocycles. The number of hydrogen-bond acceptors (Lipinski definition) is 2. The minimum Gasteiger partial charge on any atom is -0.310 e. The average Bonchev–Trinajstić information content (AvgIpc) is 3.50. The predicted octanol–water partition coefficient (Wildman–Crippen LogP) is 11.0. The van der Waals surface area contributed by atoms with E-state index in [1.165, 1.54) is 21.9 Å². The summed E-state index contributed by atoms with van der Waals surface area (Å²) in [5.41, 5.74) is 10.0. The van der Waals surface area contributed by atoms with Crippen LogP contribution >= 0.6 is 0 Å². The molecule has 0 spiro atoms. The molecule has 0 saturated carbocycles. The molecule has 0 N–H and O–H groups in total. The molecule has 1 heterocycles. The number of anilines is 3. The van der Waals surface area contributed by atoms with Crippen LogP contribution in [0.1, 0.15) is 0 Å². The number of nitrogens with zero attached hydrogens (tertiary/aromatic N) is 3. The molecule has 0 radical (unpaired) electrons. The molecule has 8 rings (SSSR count). The second-order valence-corrected chi connectivity index (χ2v) is 10.9. The maximum Gasteiger partial charge on any atom is 0.145 e. The largest absolute Gasteiger partial charge is 0.310 e. The molecule has 44 heavy (non-hydrogen) atoms. The van der Waals surface area contributed by atoms with Gasteiger partial charge in [0, 0.05) is 28.0 Å². The van der Waals surface area contributed by atoms with Crippen LogP contribution in [-0.2, 0) is 0 Å². The van der Waals surface area contributed by atoms with Crippen molar-refractivity contribution in [3.8, 4) is 28.2 Å². The van der Waals surface area contributed by atoms with Crippen molar-refractivity contribution in [3.05, 3.63) is 176 Å². The van der Waals surface area contributed by atoms with Gasteiger partial charge in [-0.15, -0.1) is 0 Å². The van der Waals surface area contributed by atoms with Crippen molar-refractivity contribution in [2.45, 2.75) is 0 Å². The fourth-order valence-electron chi connectivity index (χ4n) is 6.08. The van der Waals surface area contributed by atoms with Crippen LogP contribution in [0.25, 0.3) is 50.0 Å². The third-order valence-electron chi connectivity index (χ3n) is 8.20. The number of benzene rings is 7. The first-order valence-corrected chi connectivity index (χ1v) is 14.9. The molecule has 0 amide bonds. The lowest BCUT2D eigenvalue weighted by molar-refractivity contribution is 1.10. The summed E-state index contributed by atoms with van der Waals surface area (Å²) < 4.78 is 2.24. The van der Waals surface area contributed by atoms with Crippen molar-refractivity contribution in [2.24, 2.45) is 0 Å². The van der Waals surface area contributed by atoms with E-state index in [-0.39, 0.29) is 0 Å². The van der Waals surface area contributed by atoms with Gasteiger partial charge in [-0.2, -0.15) is 0 Å². The molecular formula is C41H29N3. The summed E-state index contributed by atoms with van der Waals surface area (Å²) in [7, 11) is 0. The Balaban J connectivity index is 1.16. The maximum atomic E-state index is 5.03. The van der Waals surface area contributed by atoms with E-state index < -0.39 is 0 Å².